The molecule has 1 unspecified atom stereocenters. The highest BCUT2D eigenvalue weighted by molar-refractivity contribution is 5.81. The van der Waals surface area contributed by atoms with E-state index in [1.54, 1.807) is 0 Å². The minimum atomic E-state index is 0.223. The summed E-state index contributed by atoms with van der Waals surface area (Å²) < 4.78 is 0. The quantitative estimate of drug-likeness (QED) is 0.390. The van der Waals surface area contributed by atoms with E-state index in [2.05, 4.69) is 50.8 Å². The van der Waals surface area contributed by atoms with Crippen LogP contribution >= 0.6 is 0 Å². The summed E-state index contributed by atoms with van der Waals surface area (Å²) in [4.78, 5) is 13.5. The SMILES string of the molecule is C=CC(NC(=C)CNC(=C)CCCCCN1C(=C)CCC1=O)C(C)C. The Morgan fingerprint density at radius 1 is 1.20 bits per heavy atom. The third kappa shape index (κ3) is 7.63. The molecule has 1 fully saturated rings. The minimum absolute atomic E-state index is 0.223. The van der Waals surface area contributed by atoms with Gasteiger partial charge in [-0.25, -0.2) is 0 Å². The molecule has 0 saturated carbocycles. The number of nitrogens with one attached hydrogen (secondary N) is 2. The van der Waals surface area contributed by atoms with Crippen molar-refractivity contribution in [2.75, 3.05) is 13.1 Å². The zero-order chi connectivity index (χ0) is 18.8. The first-order chi connectivity index (χ1) is 11.8. The molecule has 0 spiro atoms. The summed E-state index contributed by atoms with van der Waals surface area (Å²) in [5.74, 6) is 0.706. The molecule has 0 radical (unpaired) electrons. The molecule has 25 heavy (non-hydrogen) atoms. The number of carbonyl (C=O) groups excluding carboxylic acids is 1. The maximum absolute atomic E-state index is 11.7. The number of nitrogens with zero attached hydrogens (tertiary/aromatic N) is 1. The van der Waals surface area contributed by atoms with Crippen molar-refractivity contribution in [3.63, 3.8) is 0 Å². The monoisotopic (exact) mass is 345 g/mol. The summed E-state index contributed by atoms with van der Waals surface area (Å²) in [6.45, 7) is 21.7. The van der Waals surface area contributed by atoms with Gasteiger partial charge in [0, 0.05) is 36.1 Å². The highest BCUT2D eigenvalue weighted by Crippen LogP contribution is 2.21. The third-order valence-corrected chi connectivity index (χ3v) is 4.57. The van der Waals surface area contributed by atoms with E-state index in [4.69, 9.17) is 0 Å². The maximum Gasteiger partial charge on any atom is 0.227 e. The average Bonchev–Trinajstić information content (AvgIpc) is 2.88. The van der Waals surface area contributed by atoms with Gasteiger partial charge in [0.1, 0.15) is 0 Å². The number of carbonyl (C=O) groups is 1. The Hall–Kier alpha value is -1.97. The van der Waals surface area contributed by atoms with E-state index < -0.39 is 0 Å². The van der Waals surface area contributed by atoms with Gasteiger partial charge in [0.2, 0.25) is 5.91 Å². The smallest absolute Gasteiger partial charge is 0.227 e. The fraction of sp³-hybridized carbons (Fsp3) is 0.571. The maximum atomic E-state index is 11.7. The van der Waals surface area contributed by atoms with Crippen LogP contribution in [0.4, 0.5) is 0 Å². The van der Waals surface area contributed by atoms with Gasteiger partial charge in [-0.05, 0) is 31.6 Å². The molecule has 0 bridgehead atoms. The molecule has 1 aliphatic rings. The van der Waals surface area contributed by atoms with E-state index in [9.17, 15) is 4.79 Å². The second kappa shape index (κ2) is 10.8. The molecule has 0 aliphatic carbocycles. The zero-order valence-corrected chi connectivity index (χ0v) is 16.1. The van der Waals surface area contributed by atoms with Crippen molar-refractivity contribution in [2.45, 2.75) is 58.4 Å². The van der Waals surface area contributed by atoms with Crippen LogP contribution in [0.3, 0.4) is 0 Å². The van der Waals surface area contributed by atoms with Crippen LogP contribution in [0.2, 0.25) is 0 Å². The molecule has 1 heterocycles. The van der Waals surface area contributed by atoms with Crippen molar-refractivity contribution in [3.05, 3.63) is 49.5 Å². The van der Waals surface area contributed by atoms with Crippen molar-refractivity contribution < 1.29 is 4.79 Å². The van der Waals surface area contributed by atoms with Gasteiger partial charge in [0.05, 0.1) is 6.54 Å². The number of hydrogen-bond donors (Lipinski definition) is 2. The Balaban J connectivity index is 2.10. The van der Waals surface area contributed by atoms with Crippen molar-refractivity contribution in [1.82, 2.24) is 15.5 Å². The summed E-state index contributed by atoms with van der Waals surface area (Å²) in [7, 11) is 0. The number of unbranched alkanes of at least 4 members (excludes halogenated alkanes) is 2. The Morgan fingerprint density at radius 3 is 2.48 bits per heavy atom. The van der Waals surface area contributed by atoms with Gasteiger partial charge in [-0.2, -0.15) is 0 Å². The lowest BCUT2D eigenvalue weighted by molar-refractivity contribution is -0.126. The molecule has 140 valence electrons. The lowest BCUT2D eigenvalue weighted by atomic mass is 10.0. The molecule has 1 rings (SSSR count). The molecule has 2 N–H and O–H groups in total. The van der Waals surface area contributed by atoms with Crippen LogP contribution in [-0.4, -0.2) is 29.9 Å². The van der Waals surface area contributed by atoms with Crippen LogP contribution in [-0.2, 0) is 4.79 Å². The Kier molecular flexibility index (Phi) is 9.11. The number of hydrogen-bond acceptors (Lipinski definition) is 3. The van der Waals surface area contributed by atoms with Crippen molar-refractivity contribution >= 4 is 5.91 Å². The molecule has 1 saturated heterocycles. The first kappa shape index (κ1) is 21.1. The molecule has 0 aromatic carbocycles. The van der Waals surface area contributed by atoms with Gasteiger partial charge in [-0.1, -0.05) is 46.1 Å². The Labute approximate surface area is 153 Å². The second-order valence-corrected chi connectivity index (χ2v) is 7.13. The standard InChI is InChI=1S/C21H35N3O/c1-7-20(16(2)3)23-18(5)15-22-17(4)11-9-8-10-14-24-19(6)12-13-21(24)25/h7,16,20,22-23H,1,4-6,8-15H2,2-3H3. The van der Waals surface area contributed by atoms with Crippen LogP contribution in [0.15, 0.2) is 49.5 Å². The highest BCUT2D eigenvalue weighted by Gasteiger charge is 2.22. The second-order valence-electron chi connectivity index (χ2n) is 7.13. The summed E-state index contributed by atoms with van der Waals surface area (Å²) in [6.07, 6.45) is 7.48. The molecule has 1 aliphatic heterocycles. The highest BCUT2D eigenvalue weighted by atomic mass is 16.2. The lowest BCUT2D eigenvalue weighted by Gasteiger charge is -2.22. The largest absolute Gasteiger partial charge is 0.383 e. The summed E-state index contributed by atoms with van der Waals surface area (Å²) >= 11 is 0. The molecule has 1 atom stereocenters. The van der Waals surface area contributed by atoms with Gasteiger partial charge in [0.15, 0.2) is 0 Å². The van der Waals surface area contributed by atoms with E-state index in [1.165, 1.54) is 0 Å². The molecular weight excluding hydrogens is 310 g/mol. The normalized spacial score (nSPS) is 15.4. The van der Waals surface area contributed by atoms with Crippen LogP contribution in [0.1, 0.15) is 52.4 Å². The number of rotatable bonds is 13. The summed E-state index contributed by atoms with van der Waals surface area (Å²) in [6, 6.07) is 0.241. The van der Waals surface area contributed by atoms with Crippen molar-refractivity contribution in [2.24, 2.45) is 5.92 Å². The van der Waals surface area contributed by atoms with E-state index in [0.29, 0.717) is 18.9 Å². The lowest BCUT2D eigenvalue weighted by Crippen LogP contribution is -2.34. The number of likely N-dealkylation sites (tertiary alicyclic amines) is 1. The minimum Gasteiger partial charge on any atom is -0.383 e. The topological polar surface area (TPSA) is 44.4 Å². The molecule has 4 heteroatoms. The average molecular weight is 346 g/mol. The molecule has 0 aromatic rings. The third-order valence-electron chi connectivity index (χ3n) is 4.57. The predicted molar refractivity (Wildman–Crippen MR) is 107 cm³/mol. The zero-order valence-electron chi connectivity index (χ0n) is 16.1. The Morgan fingerprint density at radius 2 is 1.92 bits per heavy atom. The fourth-order valence-electron chi connectivity index (χ4n) is 2.87. The number of allylic oxidation sites excluding steroid dienone is 2. The first-order valence-electron chi connectivity index (χ1n) is 9.31. The summed E-state index contributed by atoms with van der Waals surface area (Å²) in [5.41, 5.74) is 2.96. The molecule has 1 amide bonds. The van der Waals surface area contributed by atoms with Gasteiger partial charge in [0.25, 0.3) is 0 Å². The van der Waals surface area contributed by atoms with Gasteiger partial charge >= 0.3 is 0 Å². The van der Waals surface area contributed by atoms with E-state index in [0.717, 1.165) is 55.7 Å². The molecular formula is C21H35N3O. The Bertz CT molecular complexity index is 491. The van der Waals surface area contributed by atoms with Crippen LogP contribution in [0.5, 0.6) is 0 Å². The molecule has 0 aromatic heterocycles. The first-order valence-corrected chi connectivity index (χ1v) is 9.31. The van der Waals surface area contributed by atoms with Gasteiger partial charge in [-0.3, -0.25) is 4.79 Å². The van der Waals surface area contributed by atoms with E-state index >= 15 is 0 Å². The van der Waals surface area contributed by atoms with Gasteiger partial charge in [-0.15, -0.1) is 6.58 Å². The van der Waals surface area contributed by atoms with Gasteiger partial charge < -0.3 is 15.5 Å². The summed E-state index contributed by atoms with van der Waals surface area (Å²) in [5, 5.41) is 6.70. The van der Waals surface area contributed by atoms with Crippen LogP contribution in [0, 0.1) is 5.92 Å². The van der Waals surface area contributed by atoms with Crippen molar-refractivity contribution in [3.8, 4) is 0 Å². The van der Waals surface area contributed by atoms with Crippen LogP contribution in [0.25, 0.3) is 0 Å². The van der Waals surface area contributed by atoms with Crippen LogP contribution < -0.4 is 10.6 Å². The predicted octanol–water partition coefficient (Wildman–Crippen LogP) is 4.10. The molecule has 4 nitrogen and oxygen atoms in total. The van der Waals surface area contributed by atoms with Crippen molar-refractivity contribution in [1.29, 1.82) is 0 Å². The van der Waals surface area contributed by atoms with E-state index in [-0.39, 0.29) is 11.9 Å². The number of amides is 1. The van der Waals surface area contributed by atoms with E-state index in [1.807, 2.05) is 11.0 Å². The fourth-order valence-corrected chi connectivity index (χ4v) is 2.87.